The normalized spacial score (nSPS) is 11.5. The standard InChI is InChI=1S/C11H8F4N4O/c1-5-6(3-16-4-17-5)9-18-8(12)7(11(13,14)15)10(19-9)20-2/h3-4H,1-2H3. The summed E-state index contributed by atoms with van der Waals surface area (Å²) in [5.41, 5.74) is -1.02. The highest BCUT2D eigenvalue weighted by Gasteiger charge is 2.40. The summed E-state index contributed by atoms with van der Waals surface area (Å²) in [6, 6.07) is 0. The maximum absolute atomic E-state index is 13.6. The molecule has 0 aliphatic rings. The monoisotopic (exact) mass is 288 g/mol. The molecule has 0 aliphatic heterocycles. The third-order valence-corrected chi connectivity index (χ3v) is 2.46. The molecule has 0 bridgehead atoms. The summed E-state index contributed by atoms with van der Waals surface area (Å²) in [4.78, 5) is 14.3. The molecule has 0 radical (unpaired) electrons. The fraction of sp³-hybridized carbons (Fsp3) is 0.273. The van der Waals surface area contributed by atoms with Crippen molar-refractivity contribution in [3.05, 3.63) is 29.7 Å². The van der Waals surface area contributed by atoms with Crippen LogP contribution in [-0.2, 0) is 6.18 Å². The Hall–Kier alpha value is -2.32. The van der Waals surface area contributed by atoms with E-state index in [0.29, 0.717) is 5.69 Å². The molecule has 0 saturated carbocycles. The van der Waals surface area contributed by atoms with Crippen LogP contribution in [0.2, 0.25) is 0 Å². The summed E-state index contributed by atoms with van der Waals surface area (Å²) in [7, 11) is 0.967. The zero-order valence-corrected chi connectivity index (χ0v) is 10.4. The molecule has 2 aromatic heterocycles. The fourth-order valence-corrected chi connectivity index (χ4v) is 1.53. The Labute approximate surface area is 110 Å². The van der Waals surface area contributed by atoms with Crippen molar-refractivity contribution in [3.8, 4) is 17.3 Å². The van der Waals surface area contributed by atoms with Gasteiger partial charge in [-0.1, -0.05) is 0 Å². The van der Waals surface area contributed by atoms with E-state index < -0.39 is 23.6 Å². The predicted molar refractivity (Wildman–Crippen MR) is 59.3 cm³/mol. The minimum atomic E-state index is -4.95. The lowest BCUT2D eigenvalue weighted by molar-refractivity contribution is -0.142. The van der Waals surface area contributed by atoms with E-state index in [1.54, 1.807) is 6.92 Å². The van der Waals surface area contributed by atoms with E-state index in [1.807, 2.05) is 0 Å². The lowest BCUT2D eigenvalue weighted by Gasteiger charge is -2.12. The smallest absolute Gasteiger partial charge is 0.426 e. The first-order valence-electron chi connectivity index (χ1n) is 5.30. The molecule has 0 atom stereocenters. The molecule has 0 aromatic carbocycles. The molecule has 20 heavy (non-hydrogen) atoms. The van der Waals surface area contributed by atoms with Crippen LogP contribution in [0.5, 0.6) is 5.88 Å². The molecule has 0 spiro atoms. The molecule has 0 unspecified atom stereocenters. The van der Waals surface area contributed by atoms with Crippen LogP contribution in [0.15, 0.2) is 12.5 Å². The van der Waals surface area contributed by atoms with E-state index in [0.717, 1.165) is 7.11 Å². The van der Waals surface area contributed by atoms with Gasteiger partial charge in [0, 0.05) is 6.20 Å². The van der Waals surface area contributed by atoms with Crippen molar-refractivity contribution in [2.75, 3.05) is 7.11 Å². The lowest BCUT2D eigenvalue weighted by atomic mass is 10.2. The molecule has 2 rings (SSSR count). The van der Waals surface area contributed by atoms with E-state index in [-0.39, 0.29) is 11.4 Å². The van der Waals surface area contributed by atoms with E-state index in [4.69, 9.17) is 0 Å². The Balaban J connectivity index is 2.66. The Morgan fingerprint density at radius 1 is 1.20 bits per heavy atom. The fourth-order valence-electron chi connectivity index (χ4n) is 1.53. The van der Waals surface area contributed by atoms with Gasteiger partial charge in [-0.3, -0.25) is 0 Å². The van der Waals surface area contributed by atoms with Crippen LogP contribution < -0.4 is 4.74 Å². The number of nitrogens with zero attached hydrogens (tertiary/aromatic N) is 4. The van der Waals surface area contributed by atoms with Gasteiger partial charge >= 0.3 is 6.18 Å². The second kappa shape index (κ2) is 4.99. The van der Waals surface area contributed by atoms with Crippen LogP contribution in [0.4, 0.5) is 17.6 Å². The third kappa shape index (κ3) is 2.51. The van der Waals surface area contributed by atoms with Gasteiger partial charge in [0.05, 0.1) is 18.4 Å². The SMILES string of the molecule is COc1nc(-c2cncnc2C)nc(F)c1C(F)(F)F. The van der Waals surface area contributed by atoms with Crippen molar-refractivity contribution < 1.29 is 22.3 Å². The molecule has 2 heterocycles. The Morgan fingerprint density at radius 3 is 2.45 bits per heavy atom. The Kier molecular flexibility index (Phi) is 3.51. The minimum absolute atomic E-state index is 0.221. The van der Waals surface area contributed by atoms with Gasteiger partial charge in [-0.25, -0.2) is 9.97 Å². The number of hydrogen-bond donors (Lipinski definition) is 0. The number of halogens is 4. The molecule has 2 aromatic rings. The summed E-state index contributed by atoms with van der Waals surface area (Å²) in [6.45, 7) is 1.57. The van der Waals surface area contributed by atoms with Gasteiger partial charge in [0.15, 0.2) is 11.4 Å². The van der Waals surface area contributed by atoms with Gasteiger partial charge in [0.2, 0.25) is 11.8 Å². The zero-order chi connectivity index (χ0) is 14.9. The number of hydrogen-bond acceptors (Lipinski definition) is 5. The lowest BCUT2D eigenvalue weighted by Crippen LogP contribution is -2.14. The average molecular weight is 288 g/mol. The topological polar surface area (TPSA) is 60.8 Å². The molecule has 0 fully saturated rings. The van der Waals surface area contributed by atoms with Gasteiger partial charge in [-0.05, 0) is 6.92 Å². The molecule has 0 N–H and O–H groups in total. The van der Waals surface area contributed by atoms with E-state index in [9.17, 15) is 17.6 Å². The number of methoxy groups -OCH3 is 1. The number of rotatable bonds is 2. The number of ether oxygens (including phenoxy) is 1. The molecule has 106 valence electrons. The second-order valence-electron chi connectivity index (χ2n) is 3.74. The zero-order valence-electron chi connectivity index (χ0n) is 10.4. The van der Waals surface area contributed by atoms with Crippen LogP contribution in [-0.4, -0.2) is 27.0 Å². The van der Waals surface area contributed by atoms with Crippen molar-refractivity contribution >= 4 is 0 Å². The molecule has 9 heteroatoms. The van der Waals surface area contributed by atoms with Crippen LogP contribution in [0.3, 0.4) is 0 Å². The highest BCUT2D eigenvalue weighted by molar-refractivity contribution is 5.57. The Morgan fingerprint density at radius 2 is 1.90 bits per heavy atom. The van der Waals surface area contributed by atoms with Crippen molar-refractivity contribution in [1.29, 1.82) is 0 Å². The number of aromatic nitrogens is 4. The summed E-state index contributed by atoms with van der Waals surface area (Å²) in [6.07, 6.45) is -2.42. The van der Waals surface area contributed by atoms with Gasteiger partial charge in [-0.15, -0.1) is 0 Å². The molecule has 0 aliphatic carbocycles. The molecule has 0 saturated heterocycles. The van der Waals surface area contributed by atoms with E-state index in [2.05, 4.69) is 24.7 Å². The maximum atomic E-state index is 13.6. The summed E-state index contributed by atoms with van der Waals surface area (Å²) < 4.78 is 56.2. The molecule has 5 nitrogen and oxygen atoms in total. The van der Waals surface area contributed by atoms with E-state index in [1.165, 1.54) is 12.5 Å². The van der Waals surface area contributed by atoms with Gasteiger partial charge in [-0.2, -0.15) is 27.5 Å². The van der Waals surface area contributed by atoms with Crippen molar-refractivity contribution in [3.63, 3.8) is 0 Å². The van der Waals surface area contributed by atoms with Crippen LogP contribution in [0, 0.1) is 12.9 Å². The number of aryl methyl sites for hydroxylation is 1. The van der Waals surface area contributed by atoms with Crippen molar-refractivity contribution in [2.24, 2.45) is 0 Å². The first-order chi connectivity index (χ1) is 9.34. The molecule has 0 amide bonds. The third-order valence-electron chi connectivity index (χ3n) is 2.46. The van der Waals surface area contributed by atoms with E-state index >= 15 is 0 Å². The first-order valence-corrected chi connectivity index (χ1v) is 5.30. The van der Waals surface area contributed by atoms with Gasteiger partial charge in [0.25, 0.3) is 0 Å². The summed E-state index contributed by atoms with van der Waals surface area (Å²) in [5, 5.41) is 0. The Bertz CT molecular complexity index is 645. The van der Waals surface area contributed by atoms with Crippen LogP contribution in [0.25, 0.3) is 11.4 Å². The van der Waals surface area contributed by atoms with Crippen LogP contribution in [0.1, 0.15) is 11.3 Å². The maximum Gasteiger partial charge on any atom is 0.426 e. The average Bonchev–Trinajstić information content (AvgIpc) is 2.36. The van der Waals surface area contributed by atoms with Crippen molar-refractivity contribution in [1.82, 2.24) is 19.9 Å². The largest absolute Gasteiger partial charge is 0.480 e. The van der Waals surface area contributed by atoms with Crippen molar-refractivity contribution in [2.45, 2.75) is 13.1 Å². The molecular formula is C11H8F4N4O. The second-order valence-corrected chi connectivity index (χ2v) is 3.74. The first kappa shape index (κ1) is 14.1. The predicted octanol–water partition coefficient (Wildman–Crippen LogP) is 2.41. The summed E-state index contributed by atoms with van der Waals surface area (Å²) >= 11 is 0. The number of alkyl halides is 3. The molecular weight excluding hydrogens is 280 g/mol. The minimum Gasteiger partial charge on any atom is -0.480 e. The summed E-state index contributed by atoms with van der Waals surface area (Å²) in [5.74, 6) is -2.86. The quantitative estimate of drug-likeness (QED) is 0.627. The van der Waals surface area contributed by atoms with Crippen LogP contribution >= 0.6 is 0 Å². The highest BCUT2D eigenvalue weighted by atomic mass is 19.4. The van der Waals surface area contributed by atoms with Gasteiger partial charge in [0.1, 0.15) is 6.33 Å². The highest BCUT2D eigenvalue weighted by Crippen LogP contribution is 2.37. The van der Waals surface area contributed by atoms with Gasteiger partial charge < -0.3 is 4.74 Å².